The zero-order valence-electron chi connectivity index (χ0n) is 22.4. The van der Waals surface area contributed by atoms with Crippen LogP contribution >= 0.6 is 0 Å². The molecule has 2 amide bonds. The molecule has 5 aromatic rings. The van der Waals surface area contributed by atoms with E-state index in [-0.39, 0.29) is 11.6 Å². The number of carboxylic acids is 1. The predicted molar refractivity (Wildman–Crippen MR) is 159 cm³/mol. The lowest BCUT2D eigenvalue weighted by molar-refractivity contribution is 0.0697. The fourth-order valence-corrected chi connectivity index (χ4v) is 4.80. The van der Waals surface area contributed by atoms with Crippen molar-refractivity contribution >= 4 is 28.7 Å². The van der Waals surface area contributed by atoms with E-state index in [1.54, 1.807) is 12.1 Å². The Kier molecular flexibility index (Phi) is 8.21. The van der Waals surface area contributed by atoms with Crippen LogP contribution in [0.4, 0.5) is 10.5 Å². The van der Waals surface area contributed by atoms with Crippen molar-refractivity contribution in [3.63, 3.8) is 0 Å². The van der Waals surface area contributed by atoms with Gasteiger partial charge < -0.3 is 20.3 Å². The van der Waals surface area contributed by atoms with Crippen LogP contribution < -0.4 is 10.6 Å². The number of amides is 2. The molecule has 40 heavy (non-hydrogen) atoms. The maximum atomic E-state index is 12.6. The Morgan fingerprint density at radius 1 is 0.875 bits per heavy atom. The lowest BCUT2D eigenvalue weighted by Crippen LogP contribution is -2.28. The number of hydrogen-bond donors (Lipinski definition) is 3. The number of aromatic nitrogens is 2. The molecule has 1 heterocycles. The second kappa shape index (κ2) is 12.3. The smallest absolute Gasteiger partial charge is 0.336 e. The quantitative estimate of drug-likeness (QED) is 0.179. The molecule has 7 nitrogen and oxygen atoms in total. The molecule has 0 saturated carbocycles. The third-order valence-corrected chi connectivity index (χ3v) is 6.90. The molecule has 4 aromatic carbocycles. The van der Waals surface area contributed by atoms with Crippen LogP contribution in [0, 0.1) is 0 Å². The Balaban J connectivity index is 1.38. The van der Waals surface area contributed by atoms with Crippen molar-refractivity contribution in [1.82, 2.24) is 14.9 Å². The van der Waals surface area contributed by atoms with Gasteiger partial charge in [0, 0.05) is 25.2 Å². The van der Waals surface area contributed by atoms with Gasteiger partial charge in [-0.3, -0.25) is 0 Å². The fraction of sp³-hybridized carbons (Fsp3) is 0.182. The van der Waals surface area contributed by atoms with Crippen LogP contribution in [0.25, 0.3) is 22.2 Å². The second-order valence-electron chi connectivity index (χ2n) is 9.76. The first-order valence-corrected chi connectivity index (χ1v) is 13.5. The molecule has 5 rings (SSSR count). The van der Waals surface area contributed by atoms with E-state index < -0.39 is 5.97 Å². The number of imidazole rings is 1. The number of carbonyl (C=O) groups is 2. The van der Waals surface area contributed by atoms with E-state index in [4.69, 9.17) is 4.98 Å². The minimum Gasteiger partial charge on any atom is -0.478 e. The molecule has 3 N–H and O–H groups in total. The maximum absolute atomic E-state index is 12.6. The van der Waals surface area contributed by atoms with Crippen LogP contribution in [0.1, 0.15) is 47.1 Å². The largest absolute Gasteiger partial charge is 0.478 e. The van der Waals surface area contributed by atoms with Gasteiger partial charge in [0.2, 0.25) is 0 Å². The molecular formula is C33H32N4O3. The number of anilines is 1. The molecule has 0 saturated heterocycles. The summed E-state index contributed by atoms with van der Waals surface area (Å²) in [5, 5.41) is 15.4. The van der Waals surface area contributed by atoms with E-state index in [2.05, 4.69) is 22.1 Å². The summed E-state index contributed by atoms with van der Waals surface area (Å²) in [6, 6.07) is 30.3. The first-order valence-electron chi connectivity index (χ1n) is 13.5. The summed E-state index contributed by atoms with van der Waals surface area (Å²) in [7, 11) is 0. The summed E-state index contributed by atoms with van der Waals surface area (Å²) < 4.78 is 2.21. The number of aryl methyl sites for hydroxylation is 1. The molecule has 0 bridgehead atoms. The van der Waals surface area contributed by atoms with Gasteiger partial charge in [0.25, 0.3) is 0 Å². The Morgan fingerprint density at radius 2 is 1.62 bits per heavy atom. The highest BCUT2D eigenvalue weighted by atomic mass is 16.4. The van der Waals surface area contributed by atoms with Gasteiger partial charge in [-0.1, -0.05) is 86.1 Å². The highest BCUT2D eigenvalue weighted by molar-refractivity contribution is 5.96. The summed E-state index contributed by atoms with van der Waals surface area (Å²) in [5.74, 6) is 0.0612. The second-order valence-corrected chi connectivity index (χ2v) is 9.76. The van der Waals surface area contributed by atoms with E-state index >= 15 is 0 Å². The van der Waals surface area contributed by atoms with E-state index in [0.717, 1.165) is 52.8 Å². The molecule has 0 atom stereocenters. The number of hydrogen-bond acceptors (Lipinski definition) is 3. The van der Waals surface area contributed by atoms with Crippen LogP contribution in [0.3, 0.4) is 0 Å². The average molecular weight is 533 g/mol. The van der Waals surface area contributed by atoms with E-state index in [1.165, 1.54) is 0 Å². The van der Waals surface area contributed by atoms with Crippen molar-refractivity contribution in [3.05, 3.63) is 120 Å². The number of aromatic carboxylic acids is 1. The summed E-state index contributed by atoms with van der Waals surface area (Å²) in [5.41, 5.74) is 6.47. The van der Waals surface area contributed by atoms with Gasteiger partial charge in [-0.05, 0) is 52.9 Å². The highest BCUT2D eigenvalue weighted by Gasteiger charge is 2.14. The van der Waals surface area contributed by atoms with Crippen molar-refractivity contribution < 1.29 is 14.7 Å². The van der Waals surface area contributed by atoms with Gasteiger partial charge in [0.1, 0.15) is 5.82 Å². The van der Waals surface area contributed by atoms with E-state index in [0.29, 0.717) is 24.3 Å². The Hall–Kier alpha value is -4.91. The van der Waals surface area contributed by atoms with Gasteiger partial charge in [-0.2, -0.15) is 0 Å². The minimum atomic E-state index is -0.941. The summed E-state index contributed by atoms with van der Waals surface area (Å²) in [6.45, 7) is 3.22. The van der Waals surface area contributed by atoms with E-state index in [9.17, 15) is 14.7 Å². The van der Waals surface area contributed by atoms with Crippen molar-refractivity contribution in [2.45, 2.75) is 39.3 Å². The first kappa shape index (κ1) is 26.7. The van der Waals surface area contributed by atoms with Crippen LogP contribution in [0.5, 0.6) is 0 Å². The van der Waals surface area contributed by atoms with Crippen LogP contribution in [-0.2, 0) is 19.5 Å². The molecule has 1 aromatic heterocycles. The number of carboxylic acid groups (broad SMARTS) is 1. The minimum absolute atomic E-state index is 0.266. The molecule has 202 valence electrons. The van der Waals surface area contributed by atoms with Crippen molar-refractivity contribution in [2.24, 2.45) is 0 Å². The Labute approximate surface area is 233 Å². The average Bonchev–Trinajstić information content (AvgIpc) is 3.32. The normalized spacial score (nSPS) is 10.9. The molecule has 0 fully saturated rings. The Morgan fingerprint density at radius 3 is 2.38 bits per heavy atom. The molecule has 0 aliphatic heterocycles. The van der Waals surface area contributed by atoms with Crippen molar-refractivity contribution in [2.75, 3.05) is 5.32 Å². The molecule has 0 radical (unpaired) electrons. The SMILES string of the molecule is CCCCc1nc2ccc(NC(=O)NCc3ccccc3)cc2n1Cc1ccc(-c2ccccc2C(=O)O)cc1. The lowest BCUT2D eigenvalue weighted by Gasteiger charge is -2.12. The standard InChI is InChI=1S/C33H32N4O3/c1-2-3-13-31-36-29-19-18-26(35-33(40)34-21-23-9-5-4-6-10-23)20-30(29)37(31)22-24-14-16-25(17-15-24)27-11-7-8-12-28(27)32(38)39/h4-12,14-20H,2-3,13,21-22H2,1H3,(H,38,39)(H2,34,35,40). The summed E-state index contributed by atoms with van der Waals surface area (Å²) in [4.78, 5) is 29.2. The molecule has 0 aliphatic rings. The van der Waals surface area contributed by atoms with Crippen molar-refractivity contribution in [3.8, 4) is 11.1 Å². The van der Waals surface area contributed by atoms with Gasteiger partial charge in [-0.25, -0.2) is 14.6 Å². The van der Waals surface area contributed by atoms with E-state index in [1.807, 2.05) is 84.9 Å². The number of urea groups is 1. The topological polar surface area (TPSA) is 96.3 Å². The third-order valence-electron chi connectivity index (χ3n) is 6.90. The highest BCUT2D eigenvalue weighted by Crippen LogP contribution is 2.26. The third kappa shape index (κ3) is 6.21. The number of fused-ring (bicyclic) bond motifs is 1. The van der Waals surface area contributed by atoms with Gasteiger partial charge in [-0.15, -0.1) is 0 Å². The number of carbonyl (C=O) groups excluding carboxylic acids is 1. The predicted octanol–water partition coefficient (Wildman–Crippen LogP) is 7.11. The van der Waals surface area contributed by atoms with Crippen molar-refractivity contribution in [1.29, 1.82) is 0 Å². The molecule has 0 unspecified atom stereocenters. The fourth-order valence-electron chi connectivity index (χ4n) is 4.80. The number of rotatable bonds is 10. The maximum Gasteiger partial charge on any atom is 0.336 e. The van der Waals surface area contributed by atoms with Crippen LogP contribution in [0.2, 0.25) is 0 Å². The number of unbranched alkanes of at least 4 members (excludes halogenated alkanes) is 1. The first-order chi connectivity index (χ1) is 19.5. The van der Waals surface area contributed by atoms with Gasteiger partial charge in [0.05, 0.1) is 16.6 Å². The summed E-state index contributed by atoms with van der Waals surface area (Å²) in [6.07, 6.45) is 2.95. The summed E-state index contributed by atoms with van der Waals surface area (Å²) >= 11 is 0. The van der Waals surface area contributed by atoms with Crippen LogP contribution in [0.15, 0.2) is 97.1 Å². The van der Waals surface area contributed by atoms with Gasteiger partial charge in [0.15, 0.2) is 0 Å². The van der Waals surface area contributed by atoms with Crippen LogP contribution in [-0.4, -0.2) is 26.7 Å². The molecule has 0 spiro atoms. The zero-order valence-corrected chi connectivity index (χ0v) is 22.4. The number of benzene rings is 4. The molecule has 7 heteroatoms. The Bertz CT molecular complexity index is 1630. The molecular weight excluding hydrogens is 500 g/mol. The zero-order chi connectivity index (χ0) is 27.9. The lowest BCUT2D eigenvalue weighted by atomic mass is 9.99. The monoisotopic (exact) mass is 532 g/mol. The number of nitrogens with zero attached hydrogens (tertiary/aromatic N) is 2. The number of nitrogens with one attached hydrogen (secondary N) is 2. The van der Waals surface area contributed by atoms with Gasteiger partial charge >= 0.3 is 12.0 Å². The molecule has 0 aliphatic carbocycles.